The van der Waals surface area contributed by atoms with Crippen molar-refractivity contribution in [3.63, 3.8) is 0 Å². The minimum absolute atomic E-state index is 0.00849. The fourth-order valence-corrected chi connectivity index (χ4v) is 5.94. The van der Waals surface area contributed by atoms with E-state index in [0.717, 1.165) is 17.0 Å². The Hall–Kier alpha value is -3.34. The number of hydrogen-bond donors (Lipinski definition) is 2. The number of hydrogen-bond acceptors (Lipinski definition) is 8. The van der Waals surface area contributed by atoms with Crippen LogP contribution in [0.3, 0.4) is 0 Å². The van der Waals surface area contributed by atoms with Gasteiger partial charge in [0, 0.05) is 31.4 Å². The van der Waals surface area contributed by atoms with Crippen molar-refractivity contribution in [1.29, 1.82) is 0 Å². The Morgan fingerprint density at radius 3 is 2.29 bits per heavy atom. The quantitative estimate of drug-likeness (QED) is 0.388. The van der Waals surface area contributed by atoms with E-state index in [1.165, 1.54) is 17.6 Å². The number of carbonyl (C=O) groups is 1. The van der Waals surface area contributed by atoms with Crippen LogP contribution in [0.5, 0.6) is 5.75 Å². The molecule has 10 heteroatoms. The topological polar surface area (TPSA) is 128 Å². The largest absolute Gasteiger partial charge is 0.497 e. The van der Waals surface area contributed by atoms with Crippen LogP contribution in [0.4, 0.5) is 0 Å². The SMILES string of the molecule is COc1ccc(Cc2cnc(-c3ccc(S(=O)(=O)C4(C(=O)NO)CCOCC4)cc3)cn2)cc1. The van der Waals surface area contributed by atoms with Crippen molar-refractivity contribution in [2.45, 2.75) is 28.9 Å². The van der Waals surface area contributed by atoms with Crippen LogP contribution in [0.25, 0.3) is 11.3 Å². The van der Waals surface area contributed by atoms with Crippen LogP contribution in [-0.2, 0) is 25.8 Å². The number of aromatic nitrogens is 2. The second kappa shape index (κ2) is 9.88. The number of nitrogens with zero attached hydrogens (tertiary/aromatic N) is 2. The molecule has 178 valence electrons. The van der Waals surface area contributed by atoms with Crippen molar-refractivity contribution in [2.24, 2.45) is 0 Å². The van der Waals surface area contributed by atoms with Crippen molar-refractivity contribution in [3.05, 3.63) is 72.2 Å². The molecule has 0 atom stereocenters. The molecule has 1 aliphatic rings. The van der Waals surface area contributed by atoms with Gasteiger partial charge in [0.05, 0.1) is 29.6 Å². The molecule has 1 aliphatic heterocycles. The third kappa shape index (κ3) is 4.52. The molecule has 0 radical (unpaired) electrons. The Kier molecular flexibility index (Phi) is 6.92. The summed E-state index contributed by atoms with van der Waals surface area (Å²) in [6.45, 7) is 0.229. The Morgan fingerprint density at radius 1 is 1.06 bits per heavy atom. The highest BCUT2D eigenvalue weighted by atomic mass is 32.2. The maximum Gasteiger partial charge on any atom is 0.265 e. The van der Waals surface area contributed by atoms with Gasteiger partial charge in [0.1, 0.15) is 5.75 Å². The van der Waals surface area contributed by atoms with Gasteiger partial charge in [-0.15, -0.1) is 0 Å². The molecule has 1 fully saturated rings. The van der Waals surface area contributed by atoms with E-state index in [-0.39, 0.29) is 31.0 Å². The predicted octanol–water partition coefficient (Wildman–Crippen LogP) is 2.57. The van der Waals surface area contributed by atoms with E-state index in [2.05, 4.69) is 9.97 Å². The smallest absolute Gasteiger partial charge is 0.265 e. The minimum atomic E-state index is -4.08. The van der Waals surface area contributed by atoms with Crippen LogP contribution in [-0.4, -0.2) is 54.6 Å². The molecule has 1 amide bonds. The van der Waals surface area contributed by atoms with Gasteiger partial charge < -0.3 is 9.47 Å². The first-order chi connectivity index (χ1) is 16.4. The van der Waals surface area contributed by atoms with Crippen LogP contribution in [0.2, 0.25) is 0 Å². The summed E-state index contributed by atoms with van der Waals surface area (Å²) in [4.78, 5) is 21.3. The Balaban J connectivity index is 1.53. The average molecular weight is 484 g/mol. The summed E-state index contributed by atoms with van der Waals surface area (Å²) in [7, 11) is -2.46. The number of nitrogens with one attached hydrogen (secondary N) is 1. The molecule has 2 heterocycles. The van der Waals surface area contributed by atoms with Crippen LogP contribution in [0.1, 0.15) is 24.1 Å². The number of methoxy groups -OCH3 is 1. The Labute approximate surface area is 197 Å². The van der Waals surface area contributed by atoms with Crippen LogP contribution in [0.15, 0.2) is 65.8 Å². The number of sulfone groups is 1. The second-order valence-corrected chi connectivity index (χ2v) is 10.3. The molecule has 1 saturated heterocycles. The van der Waals surface area contributed by atoms with Gasteiger partial charge in [-0.1, -0.05) is 24.3 Å². The summed E-state index contributed by atoms with van der Waals surface area (Å²) in [5.41, 5.74) is 4.67. The van der Waals surface area contributed by atoms with Crippen LogP contribution >= 0.6 is 0 Å². The van der Waals surface area contributed by atoms with Gasteiger partial charge in [0.15, 0.2) is 14.6 Å². The maximum absolute atomic E-state index is 13.4. The second-order valence-electron chi connectivity index (χ2n) is 7.99. The Bertz CT molecular complexity index is 1240. The molecule has 3 aromatic rings. The first-order valence-corrected chi connectivity index (χ1v) is 12.2. The third-order valence-corrected chi connectivity index (χ3v) is 8.56. The molecule has 4 rings (SSSR count). The van der Waals surface area contributed by atoms with Crippen molar-refractivity contribution in [2.75, 3.05) is 20.3 Å². The van der Waals surface area contributed by atoms with E-state index in [0.29, 0.717) is 17.7 Å². The number of benzene rings is 2. The van der Waals surface area contributed by atoms with Gasteiger partial charge >= 0.3 is 0 Å². The van der Waals surface area contributed by atoms with E-state index in [9.17, 15) is 13.2 Å². The van der Waals surface area contributed by atoms with Crippen LogP contribution in [0, 0.1) is 0 Å². The molecule has 0 saturated carbocycles. The molecule has 9 nitrogen and oxygen atoms in total. The maximum atomic E-state index is 13.4. The molecule has 1 aromatic heterocycles. The van der Waals surface area contributed by atoms with E-state index < -0.39 is 20.5 Å². The minimum Gasteiger partial charge on any atom is -0.497 e. The first-order valence-electron chi connectivity index (χ1n) is 10.7. The summed E-state index contributed by atoms with van der Waals surface area (Å²) in [6.07, 6.45) is 3.87. The number of carbonyl (C=O) groups excluding carboxylic acids is 1. The number of ether oxygens (including phenoxy) is 2. The molecular formula is C24H25N3O6S. The third-order valence-electron chi connectivity index (χ3n) is 6.04. The number of hydroxylamine groups is 1. The normalized spacial score (nSPS) is 15.5. The van der Waals surface area contributed by atoms with Crippen molar-refractivity contribution in [3.8, 4) is 17.0 Å². The van der Waals surface area contributed by atoms with Gasteiger partial charge in [0.2, 0.25) is 0 Å². The number of amides is 1. The van der Waals surface area contributed by atoms with Crippen molar-refractivity contribution >= 4 is 15.7 Å². The van der Waals surface area contributed by atoms with Gasteiger partial charge in [0.25, 0.3) is 5.91 Å². The highest BCUT2D eigenvalue weighted by molar-refractivity contribution is 7.93. The van der Waals surface area contributed by atoms with E-state index >= 15 is 0 Å². The molecule has 0 bridgehead atoms. The van der Waals surface area contributed by atoms with Crippen molar-refractivity contribution < 1.29 is 27.9 Å². The van der Waals surface area contributed by atoms with E-state index in [1.807, 2.05) is 24.3 Å². The molecular weight excluding hydrogens is 458 g/mol. The van der Waals surface area contributed by atoms with Gasteiger partial charge in [-0.05, 0) is 42.7 Å². The molecule has 0 aliphatic carbocycles. The lowest BCUT2D eigenvalue weighted by Gasteiger charge is -2.34. The fourth-order valence-electron chi connectivity index (χ4n) is 4.00. The Morgan fingerprint density at radius 2 is 1.74 bits per heavy atom. The van der Waals surface area contributed by atoms with Crippen molar-refractivity contribution in [1.82, 2.24) is 15.4 Å². The average Bonchev–Trinajstić information content (AvgIpc) is 2.89. The van der Waals surface area contributed by atoms with E-state index in [4.69, 9.17) is 14.7 Å². The lowest BCUT2D eigenvalue weighted by Crippen LogP contribution is -2.54. The molecule has 2 aromatic carbocycles. The fraction of sp³-hybridized carbons (Fsp3) is 0.292. The zero-order chi connectivity index (χ0) is 24.2. The lowest BCUT2D eigenvalue weighted by atomic mass is 9.98. The highest BCUT2D eigenvalue weighted by Crippen LogP contribution is 2.35. The molecule has 2 N–H and O–H groups in total. The predicted molar refractivity (Wildman–Crippen MR) is 123 cm³/mol. The first kappa shape index (κ1) is 23.8. The lowest BCUT2D eigenvalue weighted by molar-refractivity contribution is -0.134. The molecule has 0 spiro atoms. The zero-order valence-electron chi connectivity index (χ0n) is 18.6. The van der Waals surface area contributed by atoms with Gasteiger partial charge in [-0.2, -0.15) is 0 Å². The monoisotopic (exact) mass is 483 g/mol. The molecule has 0 unspecified atom stereocenters. The summed E-state index contributed by atoms with van der Waals surface area (Å²) >= 11 is 0. The van der Waals surface area contributed by atoms with Gasteiger partial charge in [-0.3, -0.25) is 20.0 Å². The zero-order valence-corrected chi connectivity index (χ0v) is 19.4. The van der Waals surface area contributed by atoms with E-state index in [1.54, 1.807) is 31.6 Å². The highest BCUT2D eigenvalue weighted by Gasteiger charge is 2.52. The summed E-state index contributed by atoms with van der Waals surface area (Å²) < 4.78 is 35.3. The van der Waals surface area contributed by atoms with Crippen LogP contribution < -0.4 is 10.2 Å². The summed E-state index contributed by atoms with van der Waals surface area (Å²) in [6, 6.07) is 13.9. The summed E-state index contributed by atoms with van der Waals surface area (Å²) in [5, 5.41) is 9.17. The van der Waals surface area contributed by atoms with Gasteiger partial charge in [-0.25, -0.2) is 13.9 Å². The number of rotatable bonds is 7. The summed E-state index contributed by atoms with van der Waals surface area (Å²) in [5.74, 6) is -0.159. The standard InChI is InChI=1S/C24H25N3O6S/c1-32-20-6-2-17(3-7-20)14-19-15-26-22(16-25-19)18-4-8-21(9-5-18)34(30,31)24(23(28)27-29)10-12-33-13-11-24/h2-9,15-16,29H,10-14H2,1H3,(H,27,28). The molecule has 34 heavy (non-hydrogen) atoms.